The molecule has 4 rings (SSSR count). The fourth-order valence-electron chi connectivity index (χ4n) is 5.20. The van der Waals surface area contributed by atoms with Crippen LogP contribution in [0, 0.1) is 0 Å². The molecule has 3 heterocycles. The van der Waals surface area contributed by atoms with Gasteiger partial charge in [0, 0.05) is 56.3 Å². The summed E-state index contributed by atoms with van der Waals surface area (Å²) >= 11 is 1.42. The third-order valence-electron chi connectivity index (χ3n) is 7.15. The second-order valence-corrected chi connectivity index (χ2v) is 10.8. The number of nitrogens with one attached hydrogen (secondary N) is 3. The van der Waals surface area contributed by atoms with Crippen LogP contribution in [0.3, 0.4) is 0 Å². The summed E-state index contributed by atoms with van der Waals surface area (Å²) in [5.74, 6) is 0.789. The average Bonchev–Trinajstić information content (AvgIpc) is 3.49. The minimum absolute atomic E-state index is 0.243. The van der Waals surface area contributed by atoms with Gasteiger partial charge in [-0.25, -0.2) is 14.8 Å². The number of methoxy groups -OCH3 is 1. The smallest absolute Gasteiger partial charge is 0.335 e. The number of likely N-dealkylation sites (tertiary alicyclic amines) is 1. The van der Waals surface area contributed by atoms with Crippen molar-refractivity contribution in [1.29, 1.82) is 0 Å². The van der Waals surface area contributed by atoms with E-state index in [9.17, 15) is 4.79 Å². The first-order chi connectivity index (χ1) is 18.1. The molecule has 2 aliphatic rings. The van der Waals surface area contributed by atoms with E-state index >= 15 is 0 Å². The third-order valence-corrected chi connectivity index (χ3v) is 7.91. The van der Waals surface area contributed by atoms with Crippen LogP contribution >= 0.6 is 11.3 Å². The number of carbonyl (C=O) groups is 1. The zero-order valence-corrected chi connectivity index (χ0v) is 23.4. The quantitative estimate of drug-likeness (QED) is 0.411. The van der Waals surface area contributed by atoms with Crippen molar-refractivity contribution in [3.8, 4) is 17.0 Å². The fraction of sp³-hybridized carbons (Fsp3) is 0.630. The highest BCUT2D eigenvalue weighted by atomic mass is 32.1. The maximum absolute atomic E-state index is 12.7. The van der Waals surface area contributed by atoms with Crippen LogP contribution in [0.2, 0.25) is 0 Å². The summed E-state index contributed by atoms with van der Waals surface area (Å²) in [4.78, 5) is 22.5. The second-order valence-electron chi connectivity index (χ2n) is 9.91. The van der Waals surface area contributed by atoms with Crippen molar-refractivity contribution < 1.29 is 9.53 Å². The molecule has 0 radical (unpaired) electrons. The summed E-state index contributed by atoms with van der Waals surface area (Å²) in [6.07, 6.45) is 4.38. The summed E-state index contributed by atoms with van der Waals surface area (Å²) in [5, 5.41) is 11.1. The SMILES string of the molecule is CCCc1ccc(OC)c(-c2csc(NC(=O)NN3CCCN(CCN4CCC(NCC)C4)CC3)n2)c1. The standard InChI is InChI=1S/C27H43N7O2S/c1-4-7-21-8-9-25(36-3)23(18-21)24-20-37-27(29-24)30-26(35)31-34-12-6-11-32(16-17-34)14-15-33-13-10-22(19-33)28-5-2/h8-9,18,20,22,28H,4-7,10-17,19H2,1-3H3,(H2,29,30,31,35). The summed E-state index contributed by atoms with van der Waals surface area (Å²) in [5.41, 5.74) is 6.05. The predicted octanol–water partition coefficient (Wildman–Crippen LogP) is 3.50. The zero-order chi connectivity index (χ0) is 26.0. The molecule has 2 amide bonds. The highest BCUT2D eigenvalue weighted by molar-refractivity contribution is 7.14. The molecular weight excluding hydrogens is 486 g/mol. The average molecular weight is 530 g/mol. The Hall–Kier alpha value is -2.24. The van der Waals surface area contributed by atoms with Crippen molar-refractivity contribution in [3.63, 3.8) is 0 Å². The molecule has 0 saturated carbocycles. The Labute approximate surface area is 225 Å². The number of anilines is 1. The number of thiazole rings is 1. The molecular formula is C27H43N7O2S. The number of aryl methyl sites for hydroxylation is 1. The van der Waals surface area contributed by atoms with Crippen LogP contribution in [-0.4, -0.2) is 97.9 Å². The number of urea groups is 1. The molecule has 1 aromatic carbocycles. The van der Waals surface area contributed by atoms with Crippen molar-refractivity contribution in [2.45, 2.75) is 45.6 Å². The number of rotatable bonds is 11. The number of nitrogens with zero attached hydrogens (tertiary/aromatic N) is 4. The lowest BCUT2D eigenvalue weighted by Gasteiger charge is -2.24. The largest absolute Gasteiger partial charge is 0.496 e. The van der Waals surface area contributed by atoms with Gasteiger partial charge < -0.3 is 19.9 Å². The molecule has 1 atom stereocenters. The summed E-state index contributed by atoms with van der Waals surface area (Å²) in [7, 11) is 1.67. The van der Waals surface area contributed by atoms with Gasteiger partial charge in [0.15, 0.2) is 5.13 Å². The summed E-state index contributed by atoms with van der Waals surface area (Å²) < 4.78 is 5.55. The Kier molecular flexibility index (Phi) is 10.6. The van der Waals surface area contributed by atoms with Crippen molar-refractivity contribution >= 4 is 22.5 Å². The summed E-state index contributed by atoms with van der Waals surface area (Å²) in [6, 6.07) is 6.63. The van der Waals surface area contributed by atoms with E-state index in [1.165, 1.54) is 29.9 Å². The lowest BCUT2D eigenvalue weighted by Crippen LogP contribution is -2.46. The first kappa shape index (κ1) is 27.8. The normalized spacial score (nSPS) is 19.6. The molecule has 0 spiro atoms. The van der Waals surface area contributed by atoms with Gasteiger partial charge >= 0.3 is 6.03 Å². The molecule has 2 saturated heterocycles. The van der Waals surface area contributed by atoms with E-state index in [-0.39, 0.29) is 6.03 Å². The van der Waals surface area contributed by atoms with Crippen LogP contribution in [-0.2, 0) is 6.42 Å². The monoisotopic (exact) mass is 529 g/mol. The topological polar surface area (TPSA) is 85.0 Å². The van der Waals surface area contributed by atoms with Gasteiger partial charge in [-0.15, -0.1) is 11.3 Å². The maximum Gasteiger partial charge on any atom is 0.335 e. The van der Waals surface area contributed by atoms with Crippen LogP contribution in [0.4, 0.5) is 9.93 Å². The van der Waals surface area contributed by atoms with Crippen LogP contribution in [0.5, 0.6) is 5.75 Å². The van der Waals surface area contributed by atoms with E-state index in [4.69, 9.17) is 4.74 Å². The number of hydrogen-bond acceptors (Lipinski definition) is 8. The molecule has 0 aliphatic carbocycles. The summed E-state index contributed by atoms with van der Waals surface area (Å²) in [6.45, 7) is 13.6. The zero-order valence-electron chi connectivity index (χ0n) is 22.6. The first-order valence-corrected chi connectivity index (χ1v) is 14.6. The molecule has 0 bridgehead atoms. The number of likely N-dealkylation sites (N-methyl/N-ethyl adjacent to an activating group) is 1. The van der Waals surface area contributed by atoms with E-state index < -0.39 is 0 Å². The van der Waals surface area contributed by atoms with Crippen molar-refractivity contribution in [2.75, 3.05) is 71.3 Å². The lowest BCUT2D eigenvalue weighted by molar-refractivity contribution is 0.183. The Morgan fingerprint density at radius 1 is 1.14 bits per heavy atom. The number of aromatic nitrogens is 1. The van der Waals surface area contributed by atoms with Gasteiger partial charge in [-0.3, -0.25) is 10.7 Å². The maximum atomic E-state index is 12.7. The molecule has 2 aromatic rings. The lowest BCUT2D eigenvalue weighted by atomic mass is 10.0. The van der Waals surface area contributed by atoms with Crippen LogP contribution < -0.4 is 20.8 Å². The van der Waals surface area contributed by atoms with Crippen LogP contribution in [0.25, 0.3) is 11.3 Å². The van der Waals surface area contributed by atoms with E-state index in [1.54, 1.807) is 7.11 Å². The van der Waals surface area contributed by atoms with E-state index in [1.807, 2.05) is 16.5 Å². The number of ether oxygens (including phenoxy) is 1. The van der Waals surface area contributed by atoms with Crippen LogP contribution in [0.15, 0.2) is 23.6 Å². The molecule has 2 fully saturated rings. The van der Waals surface area contributed by atoms with E-state index in [2.05, 4.69) is 56.8 Å². The van der Waals surface area contributed by atoms with Gasteiger partial charge in [-0.2, -0.15) is 0 Å². The minimum atomic E-state index is -0.243. The number of hydrazine groups is 1. The van der Waals surface area contributed by atoms with E-state index in [0.29, 0.717) is 11.2 Å². The predicted molar refractivity (Wildman–Crippen MR) is 151 cm³/mol. The molecule has 2 aliphatic heterocycles. The van der Waals surface area contributed by atoms with Gasteiger partial charge in [-0.1, -0.05) is 26.3 Å². The first-order valence-electron chi connectivity index (χ1n) is 13.7. The van der Waals surface area contributed by atoms with Crippen LogP contribution in [0.1, 0.15) is 38.7 Å². The number of carbonyl (C=O) groups excluding carboxylic acids is 1. The highest BCUT2D eigenvalue weighted by Crippen LogP contribution is 2.33. The Morgan fingerprint density at radius 3 is 2.81 bits per heavy atom. The van der Waals surface area contributed by atoms with Crippen molar-refractivity contribution in [2.24, 2.45) is 0 Å². The molecule has 1 aromatic heterocycles. The number of amides is 2. The number of benzene rings is 1. The van der Waals surface area contributed by atoms with Gasteiger partial charge in [0.2, 0.25) is 0 Å². The fourth-order valence-corrected chi connectivity index (χ4v) is 5.91. The third kappa shape index (κ3) is 8.12. The van der Waals surface area contributed by atoms with Gasteiger partial charge in [-0.05, 0) is 56.6 Å². The Bertz CT molecular complexity index is 1000. The number of hydrogen-bond donors (Lipinski definition) is 3. The van der Waals surface area contributed by atoms with Gasteiger partial charge in [0.05, 0.1) is 12.8 Å². The Balaban J connectivity index is 1.23. The highest BCUT2D eigenvalue weighted by Gasteiger charge is 2.23. The molecule has 10 heteroatoms. The van der Waals surface area contributed by atoms with E-state index in [0.717, 1.165) is 88.6 Å². The minimum Gasteiger partial charge on any atom is -0.496 e. The molecule has 204 valence electrons. The van der Waals surface area contributed by atoms with Crippen molar-refractivity contribution in [3.05, 3.63) is 29.1 Å². The molecule has 1 unspecified atom stereocenters. The Morgan fingerprint density at radius 2 is 2.00 bits per heavy atom. The second kappa shape index (κ2) is 14.1. The molecule has 3 N–H and O–H groups in total. The molecule has 37 heavy (non-hydrogen) atoms. The van der Waals surface area contributed by atoms with Gasteiger partial charge in [0.1, 0.15) is 5.75 Å². The molecule has 9 nitrogen and oxygen atoms in total. The van der Waals surface area contributed by atoms with Gasteiger partial charge in [0.25, 0.3) is 0 Å². The van der Waals surface area contributed by atoms with Crippen molar-refractivity contribution in [1.82, 2.24) is 30.5 Å².